The third-order valence-corrected chi connectivity index (χ3v) is 3.79. The van der Waals surface area contributed by atoms with Crippen molar-refractivity contribution in [3.05, 3.63) is 35.4 Å². The highest BCUT2D eigenvalue weighted by atomic mass is 35.5. The molecule has 6 nitrogen and oxygen atoms in total. The van der Waals surface area contributed by atoms with Gasteiger partial charge in [0.2, 0.25) is 0 Å². The van der Waals surface area contributed by atoms with E-state index in [1.54, 1.807) is 13.0 Å². The average molecular weight is 273 g/mol. The van der Waals surface area contributed by atoms with Gasteiger partial charge in [-0.25, -0.2) is 13.4 Å². The van der Waals surface area contributed by atoms with Crippen LogP contribution in [0.25, 0.3) is 0 Å². The topological polar surface area (TPSA) is 87.7 Å². The lowest BCUT2D eigenvalue weighted by molar-refractivity contribution is 0.601. The number of aromatic nitrogens is 3. The van der Waals surface area contributed by atoms with E-state index in [-0.39, 0.29) is 4.90 Å². The van der Waals surface area contributed by atoms with Crippen molar-refractivity contribution in [2.75, 3.05) is 4.72 Å². The van der Waals surface area contributed by atoms with Crippen LogP contribution in [0.3, 0.4) is 0 Å². The van der Waals surface area contributed by atoms with Gasteiger partial charge in [0.15, 0.2) is 0 Å². The van der Waals surface area contributed by atoms with E-state index in [1.807, 2.05) is 0 Å². The highest BCUT2D eigenvalue weighted by Crippen LogP contribution is 2.19. The molecule has 8 heteroatoms. The second-order valence-corrected chi connectivity index (χ2v) is 5.41. The van der Waals surface area contributed by atoms with Crippen molar-refractivity contribution in [2.24, 2.45) is 0 Å². The summed E-state index contributed by atoms with van der Waals surface area (Å²) in [5.74, 6) is 0. The Hall–Kier alpha value is -1.60. The summed E-state index contributed by atoms with van der Waals surface area (Å²) >= 11 is 5.75. The van der Waals surface area contributed by atoms with Gasteiger partial charge in [-0.3, -0.25) is 9.82 Å². The van der Waals surface area contributed by atoms with Crippen molar-refractivity contribution in [1.29, 1.82) is 0 Å². The van der Waals surface area contributed by atoms with E-state index in [0.29, 0.717) is 16.4 Å². The van der Waals surface area contributed by atoms with Crippen LogP contribution in [0.2, 0.25) is 5.15 Å². The van der Waals surface area contributed by atoms with Crippen molar-refractivity contribution in [2.45, 2.75) is 11.8 Å². The normalized spacial score (nSPS) is 11.4. The first-order valence-corrected chi connectivity index (χ1v) is 6.49. The smallest absolute Gasteiger partial charge is 0.265 e. The zero-order valence-electron chi connectivity index (χ0n) is 8.81. The van der Waals surface area contributed by atoms with Crippen LogP contribution in [-0.2, 0) is 10.0 Å². The lowest BCUT2D eigenvalue weighted by Gasteiger charge is -2.06. The van der Waals surface area contributed by atoms with Crippen LogP contribution < -0.4 is 4.72 Å². The van der Waals surface area contributed by atoms with Gasteiger partial charge >= 0.3 is 0 Å². The molecule has 0 saturated carbocycles. The first-order valence-electron chi connectivity index (χ1n) is 4.63. The number of nitrogens with zero attached hydrogens (tertiary/aromatic N) is 2. The molecule has 2 rings (SSSR count). The number of rotatable bonds is 3. The summed E-state index contributed by atoms with van der Waals surface area (Å²) in [6.07, 6.45) is 3.87. The molecule has 0 atom stereocenters. The molecule has 0 aliphatic carbocycles. The fraction of sp³-hybridized carbons (Fsp3) is 0.111. The first-order chi connectivity index (χ1) is 7.99. The number of hydrogen-bond donors (Lipinski definition) is 2. The molecule has 2 aromatic rings. The zero-order chi connectivity index (χ0) is 12.5. The van der Waals surface area contributed by atoms with E-state index in [4.69, 9.17) is 11.6 Å². The maximum atomic E-state index is 11.8. The molecule has 90 valence electrons. The standard InChI is InChI=1S/C9H9ClN4O2S/c1-6-2-7(3-11-9(6)10)14-17(15,16)8-4-12-13-5-8/h2-5,14H,1H3,(H,12,13). The minimum atomic E-state index is -3.63. The lowest BCUT2D eigenvalue weighted by atomic mass is 10.3. The summed E-state index contributed by atoms with van der Waals surface area (Å²) in [6, 6.07) is 1.60. The van der Waals surface area contributed by atoms with Gasteiger partial charge in [0, 0.05) is 6.20 Å². The summed E-state index contributed by atoms with van der Waals surface area (Å²) in [4.78, 5) is 3.92. The molecule has 0 radical (unpaired) electrons. The van der Waals surface area contributed by atoms with Gasteiger partial charge in [0.25, 0.3) is 10.0 Å². The SMILES string of the molecule is Cc1cc(NS(=O)(=O)c2cn[nH]c2)cnc1Cl. The predicted molar refractivity (Wildman–Crippen MR) is 63.4 cm³/mol. The van der Waals surface area contributed by atoms with Crippen LogP contribution in [0.5, 0.6) is 0 Å². The van der Waals surface area contributed by atoms with E-state index < -0.39 is 10.0 Å². The van der Waals surface area contributed by atoms with Crippen molar-refractivity contribution in [3.63, 3.8) is 0 Å². The molecule has 0 aliphatic rings. The number of sulfonamides is 1. The summed E-state index contributed by atoms with van der Waals surface area (Å²) < 4.78 is 26.0. The molecule has 0 unspecified atom stereocenters. The fourth-order valence-electron chi connectivity index (χ4n) is 1.21. The molecule has 0 saturated heterocycles. The van der Waals surface area contributed by atoms with Gasteiger partial charge in [-0.2, -0.15) is 5.10 Å². The van der Waals surface area contributed by atoms with Crippen LogP contribution in [-0.4, -0.2) is 23.6 Å². The number of aryl methyl sites for hydroxylation is 1. The van der Waals surface area contributed by atoms with Crippen molar-refractivity contribution in [1.82, 2.24) is 15.2 Å². The minimum Gasteiger partial charge on any atom is -0.284 e. The quantitative estimate of drug-likeness (QED) is 0.830. The minimum absolute atomic E-state index is 0.0603. The van der Waals surface area contributed by atoms with E-state index in [0.717, 1.165) is 0 Å². The largest absolute Gasteiger partial charge is 0.284 e. The molecule has 17 heavy (non-hydrogen) atoms. The molecular formula is C9H9ClN4O2S. The van der Waals surface area contributed by atoms with Crippen LogP contribution in [0.1, 0.15) is 5.56 Å². The number of hydrogen-bond acceptors (Lipinski definition) is 4. The second-order valence-electron chi connectivity index (χ2n) is 3.37. The van der Waals surface area contributed by atoms with Gasteiger partial charge in [0.1, 0.15) is 10.0 Å². The van der Waals surface area contributed by atoms with Crippen LogP contribution in [0, 0.1) is 6.92 Å². The lowest BCUT2D eigenvalue weighted by Crippen LogP contribution is -2.12. The van der Waals surface area contributed by atoms with Crippen LogP contribution in [0.15, 0.2) is 29.6 Å². The molecule has 0 aromatic carbocycles. The molecule has 2 aromatic heterocycles. The Balaban J connectivity index is 2.30. The molecule has 0 bridgehead atoms. The Morgan fingerprint density at radius 1 is 1.41 bits per heavy atom. The molecule has 0 spiro atoms. The number of halogens is 1. The van der Waals surface area contributed by atoms with Crippen LogP contribution >= 0.6 is 11.6 Å². The van der Waals surface area contributed by atoms with Gasteiger partial charge in [-0.05, 0) is 18.6 Å². The molecular weight excluding hydrogens is 264 g/mol. The van der Waals surface area contributed by atoms with Gasteiger partial charge in [-0.1, -0.05) is 11.6 Å². The Bertz CT molecular complexity index is 624. The monoisotopic (exact) mass is 272 g/mol. The Morgan fingerprint density at radius 3 is 2.76 bits per heavy atom. The second kappa shape index (κ2) is 4.34. The third-order valence-electron chi connectivity index (χ3n) is 2.05. The average Bonchev–Trinajstić information content (AvgIpc) is 2.77. The van der Waals surface area contributed by atoms with Crippen LogP contribution in [0.4, 0.5) is 5.69 Å². The summed E-state index contributed by atoms with van der Waals surface area (Å²) in [5, 5.41) is 6.36. The number of H-pyrrole nitrogens is 1. The third kappa shape index (κ3) is 2.56. The predicted octanol–water partition coefficient (Wildman–Crippen LogP) is 1.57. The fourth-order valence-corrected chi connectivity index (χ4v) is 2.26. The summed E-state index contributed by atoms with van der Waals surface area (Å²) in [6.45, 7) is 1.74. The van der Waals surface area contributed by atoms with Crippen molar-refractivity contribution < 1.29 is 8.42 Å². The molecule has 0 aliphatic heterocycles. The van der Waals surface area contributed by atoms with Crippen molar-refractivity contribution in [3.8, 4) is 0 Å². The Labute approximate surface area is 103 Å². The number of anilines is 1. The number of nitrogens with one attached hydrogen (secondary N) is 2. The summed E-state index contributed by atoms with van der Waals surface area (Å²) in [5.41, 5.74) is 1.05. The zero-order valence-corrected chi connectivity index (χ0v) is 10.4. The van der Waals surface area contributed by atoms with Crippen molar-refractivity contribution >= 4 is 27.3 Å². The van der Waals surface area contributed by atoms with E-state index in [1.165, 1.54) is 18.6 Å². The maximum Gasteiger partial charge on any atom is 0.265 e. The molecule has 2 heterocycles. The van der Waals surface area contributed by atoms with Gasteiger partial charge in [0.05, 0.1) is 18.1 Å². The number of pyridine rings is 1. The van der Waals surface area contributed by atoms with E-state index in [2.05, 4.69) is 19.9 Å². The van der Waals surface area contributed by atoms with E-state index in [9.17, 15) is 8.42 Å². The first kappa shape index (κ1) is 11.9. The van der Waals surface area contributed by atoms with E-state index >= 15 is 0 Å². The van der Waals surface area contributed by atoms with Gasteiger partial charge < -0.3 is 0 Å². The molecule has 0 amide bonds. The Morgan fingerprint density at radius 2 is 2.18 bits per heavy atom. The molecule has 2 N–H and O–H groups in total. The summed E-state index contributed by atoms with van der Waals surface area (Å²) in [7, 11) is -3.63. The Kier molecular flexibility index (Phi) is 3.03. The maximum absolute atomic E-state index is 11.8. The highest BCUT2D eigenvalue weighted by molar-refractivity contribution is 7.92. The molecule has 0 fully saturated rings. The number of aromatic amines is 1. The van der Waals surface area contributed by atoms with Gasteiger partial charge in [-0.15, -0.1) is 0 Å². The highest BCUT2D eigenvalue weighted by Gasteiger charge is 2.15.